The number of rotatable bonds is 8. The van der Waals surface area contributed by atoms with Crippen molar-refractivity contribution in [2.45, 2.75) is 32.2 Å². The first-order valence-electron chi connectivity index (χ1n) is 11.0. The Morgan fingerprint density at radius 3 is 2.25 bits per heavy atom. The van der Waals surface area contributed by atoms with E-state index in [1.165, 1.54) is 47.4 Å². The van der Waals surface area contributed by atoms with Gasteiger partial charge in [0.2, 0.25) is 0 Å². The second kappa shape index (κ2) is 10.6. The number of nitrogens with zero attached hydrogens (tertiary/aromatic N) is 3. The minimum Gasteiger partial charge on any atom is -0.457 e. The van der Waals surface area contributed by atoms with Crippen LogP contribution in [-0.4, -0.2) is 27.1 Å². The van der Waals surface area contributed by atoms with Gasteiger partial charge >= 0.3 is 12.3 Å². The Hall–Kier alpha value is -4.21. The number of benzene rings is 3. The molecule has 0 saturated carbocycles. The Kier molecular flexibility index (Phi) is 7.33. The quantitative estimate of drug-likeness (QED) is 0.213. The third-order valence-electron chi connectivity index (χ3n) is 5.27. The number of halogens is 4. The minimum atomic E-state index is -4.76. The molecule has 36 heavy (non-hydrogen) atoms. The lowest BCUT2D eigenvalue weighted by Crippen LogP contribution is -2.17. The Bertz CT molecular complexity index is 1300. The lowest BCUT2D eigenvalue weighted by molar-refractivity contribution is -0.274. The van der Waals surface area contributed by atoms with Crippen molar-refractivity contribution in [1.29, 1.82) is 0 Å². The lowest BCUT2D eigenvalue weighted by atomic mass is 10.1. The molecule has 0 saturated heterocycles. The van der Waals surface area contributed by atoms with Crippen LogP contribution < -0.4 is 4.74 Å². The fraction of sp³-hybridized carbons (Fsp3) is 0.192. The van der Waals surface area contributed by atoms with Crippen molar-refractivity contribution in [3.63, 3.8) is 0 Å². The van der Waals surface area contributed by atoms with Crippen LogP contribution in [0.4, 0.5) is 17.6 Å². The molecule has 0 radical (unpaired) electrons. The van der Waals surface area contributed by atoms with Gasteiger partial charge < -0.3 is 9.47 Å². The van der Waals surface area contributed by atoms with Crippen molar-refractivity contribution in [1.82, 2.24) is 14.8 Å². The molecular weight excluding hydrogens is 478 g/mol. The van der Waals surface area contributed by atoms with Gasteiger partial charge in [-0.3, -0.25) is 4.79 Å². The number of hydrogen-bond acceptors (Lipinski definition) is 5. The van der Waals surface area contributed by atoms with E-state index in [9.17, 15) is 22.4 Å². The zero-order chi connectivity index (χ0) is 25.7. The van der Waals surface area contributed by atoms with Gasteiger partial charge in [0.1, 0.15) is 24.0 Å². The van der Waals surface area contributed by atoms with E-state index >= 15 is 0 Å². The summed E-state index contributed by atoms with van der Waals surface area (Å²) in [6.45, 7) is 1.88. The van der Waals surface area contributed by atoms with Crippen LogP contribution in [-0.2, 0) is 16.0 Å². The minimum absolute atomic E-state index is 0.0617. The summed E-state index contributed by atoms with van der Waals surface area (Å²) in [5, 5.41) is 4.36. The lowest BCUT2D eigenvalue weighted by Gasteiger charge is -2.16. The number of ether oxygens (including phenoxy) is 2. The molecule has 10 heteroatoms. The summed E-state index contributed by atoms with van der Waals surface area (Å²) in [6.07, 6.45) is -3.15. The second-order valence-corrected chi connectivity index (χ2v) is 7.87. The highest BCUT2D eigenvalue weighted by Crippen LogP contribution is 2.25. The SMILES string of the molecule is CCC(OC(=O)Cc1ccc(-c2ncn(-c3ccc(OC(F)(F)F)cc3)n2)cc1)c1ccc(F)cc1. The maximum Gasteiger partial charge on any atom is 0.573 e. The molecule has 1 heterocycles. The maximum absolute atomic E-state index is 13.2. The topological polar surface area (TPSA) is 66.2 Å². The van der Waals surface area contributed by atoms with Crippen molar-refractivity contribution in [2.24, 2.45) is 0 Å². The Labute approximate surface area is 204 Å². The Morgan fingerprint density at radius 2 is 1.64 bits per heavy atom. The zero-order valence-corrected chi connectivity index (χ0v) is 19.1. The van der Waals surface area contributed by atoms with Crippen molar-refractivity contribution >= 4 is 5.97 Å². The highest BCUT2D eigenvalue weighted by molar-refractivity contribution is 5.73. The fourth-order valence-electron chi connectivity index (χ4n) is 3.52. The number of alkyl halides is 3. The van der Waals surface area contributed by atoms with Crippen LogP contribution >= 0.6 is 0 Å². The van der Waals surface area contributed by atoms with E-state index in [2.05, 4.69) is 14.8 Å². The normalized spacial score (nSPS) is 12.2. The van der Waals surface area contributed by atoms with Gasteiger partial charge in [-0.05, 0) is 53.9 Å². The third kappa shape index (κ3) is 6.47. The number of hydrogen-bond donors (Lipinski definition) is 0. The molecule has 0 aliphatic heterocycles. The van der Waals surface area contributed by atoms with Crippen LogP contribution in [0, 0.1) is 5.82 Å². The van der Waals surface area contributed by atoms with Crippen LogP contribution in [0.25, 0.3) is 17.1 Å². The molecule has 0 amide bonds. The molecule has 186 valence electrons. The van der Waals surface area contributed by atoms with E-state index in [1.807, 2.05) is 6.92 Å². The number of aromatic nitrogens is 3. The Morgan fingerprint density at radius 1 is 0.972 bits per heavy atom. The van der Waals surface area contributed by atoms with Gasteiger partial charge in [-0.2, -0.15) is 0 Å². The molecule has 1 aromatic heterocycles. The molecule has 0 spiro atoms. The number of carbonyl (C=O) groups excluding carboxylic acids is 1. The van der Waals surface area contributed by atoms with Gasteiger partial charge in [-0.1, -0.05) is 43.3 Å². The first-order valence-corrected chi connectivity index (χ1v) is 11.0. The van der Waals surface area contributed by atoms with Gasteiger partial charge in [0.05, 0.1) is 12.1 Å². The molecule has 0 N–H and O–H groups in total. The number of esters is 1. The standard InChI is InChI=1S/C26H21F4N3O3/c1-2-23(18-7-9-20(27)10-8-18)35-24(34)15-17-3-5-19(6-4-17)25-31-16-33(32-25)21-11-13-22(14-12-21)36-26(28,29)30/h3-14,16,23H,2,15H2,1H3. The summed E-state index contributed by atoms with van der Waals surface area (Å²) in [5.41, 5.74) is 2.67. The highest BCUT2D eigenvalue weighted by Gasteiger charge is 2.31. The van der Waals surface area contributed by atoms with Crippen molar-refractivity contribution in [3.05, 3.63) is 96.1 Å². The monoisotopic (exact) mass is 499 g/mol. The molecule has 0 aliphatic carbocycles. The van der Waals surface area contributed by atoms with Gasteiger partial charge in [0.15, 0.2) is 5.82 Å². The van der Waals surface area contributed by atoms with Crippen molar-refractivity contribution < 1.29 is 31.8 Å². The zero-order valence-electron chi connectivity index (χ0n) is 19.1. The first-order chi connectivity index (χ1) is 17.2. The van der Waals surface area contributed by atoms with E-state index in [0.29, 0.717) is 23.5 Å². The van der Waals surface area contributed by atoms with E-state index in [4.69, 9.17) is 4.74 Å². The van der Waals surface area contributed by atoms with Gasteiger partial charge in [-0.15, -0.1) is 18.3 Å². The molecule has 6 nitrogen and oxygen atoms in total. The summed E-state index contributed by atoms with van der Waals surface area (Å²) in [6, 6.07) is 18.2. The predicted molar refractivity (Wildman–Crippen MR) is 123 cm³/mol. The predicted octanol–water partition coefficient (Wildman–Crippen LogP) is 6.21. The molecule has 1 atom stereocenters. The molecule has 0 bridgehead atoms. The van der Waals surface area contributed by atoms with Crippen LogP contribution in [0.5, 0.6) is 5.75 Å². The van der Waals surface area contributed by atoms with Crippen LogP contribution in [0.15, 0.2) is 79.1 Å². The van der Waals surface area contributed by atoms with E-state index in [0.717, 1.165) is 11.1 Å². The summed E-state index contributed by atoms with van der Waals surface area (Å²) in [5.74, 6) is -0.683. The van der Waals surface area contributed by atoms with Gasteiger partial charge in [0, 0.05) is 5.56 Å². The Balaban J connectivity index is 1.38. The van der Waals surface area contributed by atoms with E-state index in [1.54, 1.807) is 36.4 Å². The van der Waals surface area contributed by atoms with Crippen LogP contribution in [0.3, 0.4) is 0 Å². The largest absolute Gasteiger partial charge is 0.573 e. The molecule has 3 aromatic carbocycles. The smallest absolute Gasteiger partial charge is 0.457 e. The summed E-state index contributed by atoms with van der Waals surface area (Å²) < 4.78 is 61.0. The molecule has 4 aromatic rings. The molecule has 0 aliphatic rings. The van der Waals surface area contributed by atoms with Gasteiger partial charge in [0.25, 0.3) is 0 Å². The van der Waals surface area contributed by atoms with Crippen LogP contribution in [0.1, 0.15) is 30.6 Å². The molecular formula is C26H21F4N3O3. The molecule has 0 fully saturated rings. The van der Waals surface area contributed by atoms with Crippen LogP contribution in [0.2, 0.25) is 0 Å². The average molecular weight is 499 g/mol. The van der Waals surface area contributed by atoms with Gasteiger partial charge in [-0.25, -0.2) is 14.1 Å². The van der Waals surface area contributed by atoms with Crippen molar-refractivity contribution in [2.75, 3.05) is 0 Å². The molecule has 1 unspecified atom stereocenters. The first kappa shape index (κ1) is 24.9. The van der Waals surface area contributed by atoms with E-state index < -0.39 is 18.4 Å². The average Bonchev–Trinajstić information content (AvgIpc) is 3.33. The summed E-state index contributed by atoms with van der Waals surface area (Å²) >= 11 is 0. The summed E-state index contributed by atoms with van der Waals surface area (Å²) in [7, 11) is 0. The summed E-state index contributed by atoms with van der Waals surface area (Å²) in [4.78, 5) is 16.7. The highest BCUT2D eigenvalue weighted by atomic mass is 19.4. The third-order valence-corrected chi connectivity index (χ3v) is 5.27. The second-order valence-electron chi connectivity index (χ2n) is 7.87. The molecule has 4 rings (SSSR count). The number of carbonyl (C=O) groups is 1. The van der Waals surface area contributed by atoms with Crippen molar-refractivity contribution in [3.8, 4) is 22.8 Å². The van der Waals surface area contributed by atoms with E-state index in [-0.39, 0.29) is 18.0 Å². The maximum atomic E-state index is 13.2. The fourth-order valence-corrected chi connectivity index (χ4v) is 3.52.